The van der Waals surface area contributed by atoms with E-state index in [9.17, 15) is 31.2 Å². The van der Waals surface area contributed by atoms with Crippen molar-refractivity contribution in [3.8, 4) is 0 Å². The van der Waals surface area contributed by atoms with Crippen LogP contribution in [0.25, 0.3) is 0 Å². The van der Waals surface area contributed by atoms with Gasteiger partial charge in [-0.2, -0.15) is 17.9 Å². The van der Waals surface area contributed by atoms with Crippen LogP contribution in [0.15, 0.2) is 23.1 Å². The van der Waals surface area contributed by atoms with E-state index in [1.807, 2.05) is 0 Å². The summed E-state index contributed by atoms with van der Waals surface area (Å²) in [4.78, 5) is 24.6. The normalized spacial score (nSPS) is 30.9. The zero-order valence-corrected chi connectivity index (χ0v) is 19.7. The van der Waals surface area contributed by atoms with E-state index in [4.69, 9.17) is 11.5 Å². The van der Waals surface area contributed by atoms with Gasteiger partial charge in [-0.3, -0.25) is 9.59 Å². The summed E-state index contributed by atoms with van der Waals surface area (Å²) in [5.41, 5.74) is 7.01. The van der Waals surface area contributed by atoms with Crippen molar-refractivity contribution in [2.75, 3.05) is 5.73 Å². The molecule has 0 saturated heterocycles. The third-order valence-electron chi connectivity index (χ3n) is 7.69. The largest absolute Gasteiger partial charge is 0.418 e. The Bertz CT molecular complexity index is 1120. The number of benzene rings is 1. The summed E-state index contributed by atoms with van der Waals surface area (Å²) in [5.74, 6) is -0.360. The number of nitrogens with two attached hydrogens (primary N) is 2. The van der Waals surface area contributed by atoms with Crippen LogP contribution in [0, 0.1) is 23.2 Å². The molecule has 6 N–H and O–H groups in total. The number of primary amides is 1. The Morgan fingerprint density at radius 1 is 1.09 bits per heavy atom. The number of amides is 2. The van der Waals surface area contributed by atoms with Gasteiger partial charge in [-0.05, 0) is 81.9 Å². The molecule has 4 aliphatic carbocycles. The lowest BCUT2D eigenvalue weighted by molar-refractivity contribution is -0.148. The van der Waals surface area contributed by atoms with E-state index in [2.05, 4.69) is 10.0 Å². The minimum atomic E-state index is -4.83. The van der Waals surface area contributed by atoms with Crippen molar-refractivity contribution in [1.82, 2.24) is 10.0 Å². The minimum Gasteiger partial charge on any atom is -0.398 e. The number of alkyl halides is 3. The van der Waals surface area contributed by atoms with Gasteiger partial charge in [0.05, 0.1) is 10.5 Å². The number of rotatable bonds is 6. The molecule has 1 aromatic carbocycles. The van der Waals surface area contributed by atoms with Crippen LogP contribution in [0.1, 0.15) is 51.5 Å². The van der Waals surface area contributed by atoms with Crippen LogP contribution in [0.3, 0.4) is 0 Å². The van der Waals surface area contributed by atoms with Crippen molar-refractivity contribution in [2.24, 2.45) is 28.9 Å². The maximum atomic E-state index is 13.2. The average molecular weight is 503 g/mol. The van der Waals surface area contributed by atoms with Crippen LogP contribution >= 0.6 is 0 Å². The lowest BCUT2D eigenvalue weighted by Crippen LogP contribution is -2.65. The number of anilines is 1. The third-order valence-corrected chi connectivity index (χ3v) is 9.34. The Labute approximate surface area is 196 Å². The molecule has 4 fully saturated rings. The summed E-state index contributed by atoms with van der Waals surface area (Å²) in [6, 6.07) is 2.07. The van der Waals surface area contributed by atoms with Crippen molar-refractivity contribution < 1.29 is 31.2 Å². The van der Waals surface area contributed by atoms with Crippen LogP contribution in [-0.4, -0.2) is 31.8 Å². The second kappa shape index (κ2) is 7.84. The second-order valence-electron chi connectivity index (χ2n) is 10.6. The molecule has 0 aliphatic heterocycles. The Hall–Kier alpha value is -2.34. The molecule has 2 amide bonds. The lowest BCUT2D eigenvalue weighted by Gasteiger charge is -2.59. The Morgan fingerprint density at radius 3 is 2.21 bits per heavy atom. The molecule has 34 heavy (non-hydrogen) atoms. The highest BCUT2D eigenvalue weighted by Crippen LogP contribution is 2.60. The summed E-state index contributed by atoms with van der Waals surface area (Å²) in [6.45, 7) is 2.70. The first-order valence-corrected chi connectivity index (χ1v) is 12.6. The van der Waals surface area contributed by atoms with Crippen molar-refractivity contribution in [2.45, 2.75) is 68.6 Å². The summed E-state index contributed by atoms with van der Waals surface area (Å²) >= 11 is 0. The smallest absolute Gasteiger partial charge is 0.398 e. The molecule has 0 aromatic heterocycles. The molecule has 4 bridgehead atoms. The number of carbonyl (C=O) groups excluding carboxylic acids is 2. The molecule has 0 radical (unpaired) electrons. The van der Waals surface area contributed by atoms with Crippen LogP contribution in [0.2, 0.25) is 0 Å². The number of sulfonamides is 1. The Kier molecular flexibility index (Phi) is 5.71. The first-order valence-electron chi connectivity index (χ1n) is 11.2. The highest BCUT2D eigenvalue weighted by atomic mass is 32.2. The maximum Gasteiger partial charge on any atom is 0.418 e. The molecule has 188 valence electrons. The van der Waals surface area contributed by atoms with Gasteiger partial charge in [0.2, 0.25) is 21.8 Å². The highest BCUT2D eigenvalue weighted by Gasteiger charge is 2.58. The number of hydrogen-bond donors (Lipinski definition) is 4. The SMILES string of the molecule is CC(C)(NS(=O)(=O)c1ccc(N)c(C(F)(F)F)c1)C(=O)NC1C2CC3CC1CC(C(N)=O)(C3)C2. The van der Waals surface area contributed by atoms with Gasteiger partial charge in [0.1, 0.15) is 5.54 Å². The lowest BCUT2D eigenvalue weighted by atomic mass is 9.47. The fraction of sp³-hybridized carbons (Fsp3) is 0.636. The molecule has 2 unspecified atom stereocenters. The van der Waals surface area contributed by atoms with Gasteiger partial charge in [-0.1, -0.05) is 0 Å². The predicted molar refractivity (Wildman–Crippen MR) is 117 cm³/mol. The standard InChI is InChI=1S/C22H29F3N4O4S/c1-20(2,29-34(32,33)14-3-4-16(26)15(7-14)22(23,24)25)19(31)28-17-12-5-11-6-13(17)10-21(8-11,9-12)18(27)30/h3-4,7,11-13,17,29H,5-6,8-10,26H2,1-2H3,(H2,27,30)(H,28,31). The molecule has 5 rings (SSSR count). The van der Waals surface area contributed by atoms with Crippen LogP contribution in [0.4, 0.5) is 18.9 Å². The fourth-order valence-corrected chi connectivity index (χ4v) is 7.69. The quantitative estimate of drug-likeness (QED) is 0.441. The van der Waals surface area contributed by atoms with Gasteiger partial charge in [0, 0.05) is 17.1 Å². The van der Waals surface area contributed by atoms with Crippen LogP contribution < -0.4 is 21.5 Å². The van der Waals surface area contributed by atoms with Crippen molar-refractivity contribution in [3.63, 3.8) is 0 Å². The van der Waals surface area contributed by atoms with Gasteiger partial charge in [0.25, 0.3) is 0 Å². The van der Waals surface area contributed by atoms with Crippen LogP contribution in [0.5, 0.6) is 0 Å². The van der Waals surface area contributed by atoms with E-state index in [1.165, 1.54) is 13.8 Å². The van der Waals surface area contributed by atoms with Crippen LogP contribution in [-0.2, 0) is 25.8 Å². The van der Waals surface area contributed by atoms with Gasteiger partial charge in [0.15, 0.2) is 0 Å². The average Bonchev–Trinajstić information content (AvgIpc) is 2.68. The molecule has 0 heterocycles. The zero-order chi connectivity index (χ0) is 25.3. The summed E-state index contributed by atoms with van der Waals surface area (Å²) in [5, 5.41) is 2.96. The topological polar surface area (TPSA) is 144 Å². The van der Waals surface area contributed by atoms with E-state index in [1.54, 1.807) is 0 Å². The fourth-order valence-electron chi connectivity index (χ4n) is 6.28. The number of halogens is 3. The summed E-state index contributed by atoms with van der Waals surface area (Å²) < 4.78 is 67.4. The molecule has 12 heteroatoms. The first kappa shape index (κ1) is 24.8. The molecule has 1 aromatic rings. The maximum absolute atomic E-state index is 13.2. The molecule has 4 saturated carbocycles. The zero-order valence-electron chi connectivity index (χ0n) is 18.9. The van der Waals surface area contributed by atoms with E-state index in [0.29, 0.717) is 24.8 Å². The summed E-state index contributed by atoms with van der Waals surface area (Å²) in [6.07, 6.45) is -1.12. The Morgan fingerprint density at radius 2 is 1.68 bits per heavy atom. The summed E-state index contributed by atoms with van der Waals surface area (Å²) in [7, 11) is -4.47. The third kappa shape index (κ3) is 4.26. The molecule has 0 spiro atoms. The number of hydrogen-bond acceptors (Lipinski definition) is 5. The number of nitrogens with one attached hydrogen (secondary N) is 2. The van der Waals surface area contributed by atoms with E-state index >= 15 is 0 Å². The van der Waals surface area contributed by atoms with Gasteiger partial charge in [-0.15, -0.1) is 0 Å². The molecular weight excluding hydrogens is 473 g/mol. The van der Waals surface area contributed by atoms with Gasteiger partial charge in [-0.25, -0.2) is 8.42 Å². The monoisotopic (exact) mass is 502 g/mol. The molecule has 4 aliphatic rings. The van der Waals surface area contributed by atoms with Crippen molar-refractivity contribution in [1.29, 1.82) is 0 Å². The van der Waals surface area contributed by atoms with Gasteiger partial charge >= 0.3 is 6.18 Å². The Balaban J connectivity index is 1.50. The number of nitrogen functional groups attached to an aromatic ring is 1. The molecule has 2 atom stereocenters. The first-order chi connectivity index (χ1) is 15.5. The van der Waals surface area contributed by atoms with Crippen molar-refractivity contribution in [3.05, 3.63) is 23.8 Å². The van der Waals surface area contributed by atoms with E-state index < -0.39 is 49.2 Å². The van der Waals surface area contributed by atoms with Gasteiger partial charge < -0.3 is 16.8 Å². The number of carbonyl (C=O) groups is 2. The van der Waals surface area contributed by atoms with E-state index in [-0.39, 0.29) is 23.8 Å². The highest BCUT2D eigenvalue weighted by molar-refractivity contribution is 7.89. The molecule has 8 nitrogen and oxygen atoms in total. The van der Waals surface area contributed by atoms with Crippen molar-refractivity contribution >= 4 is 27.5 Å². The predicted octanol–water partition coefficient (Wildman–Crippen LogP) is 2.14. The second-order valence-corrected chi connectivity index (χ2v) is 12.3. The minimum absolute atomic E-state index is 0.0709. The van der Waals surface area contributed by atoms with E-state index in [0.717, 1.165) is 31.4 Å². The molecular formula is C22H29F3N4O4S.